The van der Waals surface area contributed by atoms with Gasteiger partial charge in [-0.15, -0.1) is 0 Å². The zero-order chi connectivity index (χ0) is 28.7. The number of hydrogen-bond acceptors (Lipinski definition) is 6. The Hall–Kier alpha value is -3.85. The van der Waals surface area contributed by atoms with Crippen LogP contribution in [0, 0.1) is 0 Å². The van der Waals surface area contributed by atoms with Crippen molar-refractivity contribution < 1.29 is 19.4 Å². The highest BCUT2D eigenvalue weighted by Crippen LogP contribution is 2.46. The van der Waals surface area contributed by atoms with Crippen LogP contribution in [0.25, 0.3) is 10.4 Å². The largest absolute Gasteiger partial charge is 0.494 e. The topological polar surface area (TPSA) is 120 Å². The van der Waals surface area contributed by atoms with Crippen LogP contribution in [0.3, 0.4) is 0 Å². The summed E-state index contributed by atoms with van der Waals surface area (Å²) >= 11 is 3.70. The van der Waals surface area contributed by atoms with Crippen molar-refractivity contribution in [3.8, 4) is 5.75 Å². The summed E-state index contributed by atoms with van der Waals surface area (Å²) in [5.74, 6) is 0.982. The lowest BCUT2D eigenvalue weighted by Gasteiger charge is -2.34. The zero-order valence-electron chi connectivity index (χ0n) is 22.7. The number of nitrogens with zero attached hydrogens (tertiary/aromatic N) is 5. The molecule has 2 atom stereocenters. The van der Waals surface area contributed by atoms with Crippen LogP contribution in [0.1, 0.15) is 47.6 Å². The molecule has 0 radical (unpaired) electrons. The highest BCUT2D eigenvalue weighted by molar-refractivity contribution is 9.10. The molecule has 212 valence electrons. The first-order valence-electron chi connectivity index (χ1n) is 13.8. The lowest BCUT2D eigenvalue weighted by molar-refractivity contribution is -0.138. The molecule has 2 aliphatic rings. The second-order valence-electron chi connectivity index (χ2n) is 10.1. The molecular weight excluding hydrogens is 586 g/mol. The standard InChI is InChI=1S/C31H32BrN5O4/c32-27-11-4-3-10-26(27)28-31(30(39)37-16-5-6-17-37,20-23-8-1-2-9-24(23)21-34-36-33)35-29(41-28)22-12-14-25(15-13-22)40-19-7-18-38/h1-4,8-15,28,38H,5-7,16-21H2/t28-,31-/m1/s1. The third-order valence-corrected chi connectivity index (χ3v) is 8.19. The smallest absolute Gasteiger partial charge is 0.255 e. The minimum atomic E-state index is -1.29. The second kappa shape index (κ2) is 13.2. The van der Waals surface area contributed by atoms with Gasteiger partial charge in [0.15, 0.2) is 11.6 Å². The Bertz CT molecular complexity index is 1450. The summed E-state index contributed by atoms with van der Waals surface area (Å²) in [4.78, 5) is 24.6. The molecule has 1 amide bonds. The van der Waals surface area contributed by atoms with Gasteiger partial charge >= 0.3 is 0 Å². The first-order valence-corrected chi connectivity index (χ1v) is 14.6. The lowest BCUT2D eigenvalue weighted by atomic mass is 9.80. The van der Waals surface area contributed by atoms with Crippen molar-refractivity contribution in [1.82, 2.24) is 4.90 Å². The molecule has 0 saturated carbocycles. The Morgan fingerprint density at radius 3 is 2.51 bits per heavy atom. The minimum absolute atomic E-state index is 0.0677. The first kappa shape index (κ1) is 28.7. The van der Waals surface area contributed by atoms with Crippen LogP contribution in [0.5, 0.6) is 5.75 Å². The number of likely N-dealkylation sites (tertiary alicyclic amines) is 1. The third-order valence-electron chi connectivity index (χ3n) is 7.47. The number of aliphatic imine (C=N–C) groups is 1. The lowest BCUT2D eigenvalue weighted by Crippen LogP contribution is -2.51. The quantitative estimate of drug-likeness (QED) is 0.120. The number of amides is 1. The van der Waals surface area contributed by atoms with E-state index in [1.165, 1.54) is 0 Å². The minimum Gasteiger partial charge on any atom is -0.494 e. The van der Waals surface area contributed by atoms with Gasteiger partial charge in [-0.25, -0.2) is 4.99 Å². The normalized spacial score (nSPS) is 19.8. The average molecular weight is 619 g/mol. The molecule has 0 unspecified atom stereocenters. The Morgan fingerprint density at radius 1 is 1.10 bits per heavy atom. The fraction of sp³-hybridized carbons (Fsp3) is 0.355. The van der Waals surface area contributed by atoms with E-state index in [1.54, 1.807) is 0 Å². The maximum absolute atomic E-state index is 14.6. The number of carbonyl (C=O) groups excluding carboxylic acids is 1. The number of rotatable bonds is 11. The molecule has 0 aromatic heterocycles. The Balaban J connectivity index is 1.62. The summed E-state index contributed by atoms with van der Waals surface area (Å²) in [6, 6.07) is 22.9. The van der Waals surface area contributed by atoms with Crippen molar-refractivity contribution in [2.75, 3.05) is 26.3 Å². The number of halogens is 1. The number of aliphatic hydroxyl groups is 1. The molecule has 1 saturated heterocycles. The molecular formula is C31H32BrN5O4. The van der Waals surface area contributed by atoms with E-state index >= 15 is 0 Å². The van der Waals surface area contributed by atoms with Gasteiger partial charge in [0.1, 0.15) is 5.75 Å². The Kier molecular flexibility index (Phi) is 9.24. The van der Waals surface area contributed by atoms with E-state index in [-0.39, 0.29) is 25.5 Å². The van der Waals surface area contributed by atoms with Crippen molar-refractivity contribution in [3.05, 3.63) is 110 Å². The van der Waals surface area contributed by atoms with Crippen molar-refractivity contribution >= 4 is 27.7 Å². The van der Waals surface area contributed by atoms with E-state index in [9.17, 15) is 4.79 Å². The van der Waals surface area contributed by atoms with Gasteiger partial charge < -0.3 is 19.5 Å². The number of carbonyl (C=O) groups is 1. The van der Waals surface area contributed by atoms with Crippen molar-refractivity contribution in [3.63, 3.8) is 0 Å². The number of ether oxygens (including phenoxy) is 2. The SMILES string of the molecule is [N-]=[N+]=NCc1ccccc1C[C@@]1(C(=O)N2CCCC2)N=C(c2ccc(OCCCO)cc2)O[C@@H]1c1ccccc1Br. The predicted molar refractivity (Wildman–Crippen MR) is 160 cm³/mol. The molecule has 2 heterocycles. The van der Waals surface area contributed by atoms with Crippen LogP contribution < -0.4 is 4.74 Å². The molecule has 3 aromatic rings. The molecule has 5 rings (SSSR count). The molecule has 0 bridgehead atoms. The average Bonchev–Trinajstić information content (AvgIpc) is 3.67. The fourth-order valence-electron chi connectivity index (χ4n) is 5.41. The van der Waals surface area contributed by atoms with E-state index in [1.807, 2.05) is 77.7 Å². The van der Waals surface area contributed by atoms with Gasteiger partial charge in [0.25, 0.3) is 5.91 Å². The van der Waals surface area contributed by atoms with E-state index in [0.717, 1.165) is 39.6 Å². The summed E-state index contributed by atoms with van der Waals surface area (Å²) in [6.45, 7) is 2.01. The molecule has 3 aromatic carbocycles. The van der Waals surface area contributed by atoms with E-state index in [2.05, 4.69) is 26.0 Å². The molecule has 10 heteroatoms. The summed E-state index contributed by atoms with van der Waals surface area (Å²) < 4.78 is 13.2. The van der Waals surface area contributed by atoms with Crippen LogP contribution in [0.2, 0.25) is 0 Å². The van der Waals surface area contributed by atoms with Crippen LogP contribution in [0.4, 0.5) is 0 Å². The van der Waals surface area contributed by atoms with E-state index < -0.39 is 11.6 Å². The molecule has 2 aliphatic heterocycles. The van der Waals surface area contributed by atoms with Gasteiger partial charge in [-0.3, -0.25) is 4.79 Å². The van der Waals surface area contributed by atoms with Gasteiger partial charge in [0.05, 0.1) is 13.2 Å². The monoisotopic (exact) mass is 617 g/mol. The maximum Gasteiger partial charge on any atom is 0.255 e. The highest BCUT2D eigenvalue weighted by Gasteiger charge is 2.55. The van der Waals surface area contributed by atoms with Gasteiger partial charge in [-0.1, -0.05) is 63.5 Å². The Morgan fingerprint density at radius 2 is 1.80 bits per heavy atom. The summed E-state index contributed by atoms with van der Waals surface area (Å²) in [5.41, 5.74) is 11.0. The van der Waals surface area contributed by atoms with Crippen molar-refractivity contribution in [2.45, 2.75) is 43.9 Å². The van der Waals surface area contributed by atoms with E-state index in [4.69, 9.17) is 25.1 Å². The molecule has 41 heavy (non-hydrogen) atoms. The zero-order valence-corrected chi connectivity index (χ0v) is 24.2. The van der Waals surface area contributed by atoms with Gasteiger partial charge in [-0.05, 0) is 59.8 Å². The van der Waals surface area contributed by atoms with Gasteiger partial charge in [0, 0.05) is 53.0 Å². The van der Waals surface area contributed by atoms with Crippen molar-refractivity contribution in [1.29, 1.82) is 0 Å². The molecule has 0 spiro atoms. The molecule has 0 aliphatic carbocycles. The highest BCUT2D eigenvalue weighted by atomic mass is 79.9. The number of azide groups is 1. The number of hydrogen-bond donors (Lipinski definition) is 1. The molecule has 9 nitrogen and oxygen atoms in total. The van der Waals surface area contributed by atoms with Crippen LogP contribution in [-0.4, -0.2) is 53.7 Å². The number of benzene rings is 3. The fourth-order valence-corrected chi connectivity index (χ4v) is 5.90. The van der Waals surface area contributed by atoms with Gasteiger partial charge in [0.2, 0.25) is 5.90 Å². The van der Waals surface area contributed by atoms with Crippen molar-refractivity contribution in [2.24, 2.45) is 10.1 Å². The first-order chi connectivity index (χ1) is 20.1. The van der Waals surface area contributed by atoms with Crippen LogP contribution >= 0.6 is 15.9 Å². The summed E-state index contributed by atoms with van der Waals surface area (Å²) in [7, 11) is 0. The summed E-state index contributed by atoms with van der Waals surface area (Å²) in [6.07, 6.45) is 2.02. The maximum atomic E-state index is 14.6. The molecule has 1 N–H and O–H groups in total. The van der Waals surface area contributed by atoms with Crippen LogP contribution in [-0.2, 0) is 22.5 Å². The third kappa shape index (κ3) is 6.25. The predicted octanol–water partition coefficient (Wildman–Crippen LogP) is 6.14. The van der Waals surface area contributed by atoms with Gasteiger partial charge in [-0.2, -0.15) is 0 Å². The van der Waals surface area contributed by atoms with E-state index in [0.29, 0.717) is 37.8 Å². The van der Waals surface area contributed by atoms with Crippen LogP contribution in [0.15, 0.2) is 87.4 Å². The Labute approximate surface area is 247 Å². The second-order valence-corrected chi connectivity index (χ2v) is 11.0. The number of aliphatic hydroxyl groups excluding tert-OH is 1. The molecule has 1 fully saturated rings. The summed E-state index contributed by atoms with van der Waals surface area (Å²) in [5, 5.41) is 12.8.